The lowest BCUT2D eigenvalue weighted by Gasteiger charge is -1.87. The molecule has 0 aliphatic carbocycles. The first-order valence-corrected chi connectivity index (χ1v) is 4.61. The summed E-state index contributed by atoms with van der Waals surface area (Å²) in [7, 11) is 0. The summed E-state index contributed by atoms with van der Waals surface area (Å²) in [6, 6.07) is 0. The highest BCUT2D eigenvalue weighted by Gasteiger charge is 2.39. The highest BCUT2D eigenvalue weighted by molar-refractivity contribution is 5.95. The van der Waals surface area contributed by atoms with Gasteiger partial charge >= 0.3 is 0 Å². The molecular weight excluding hydrogens is 152 g/mol. The fraction of sp³-hybridized carbons (Fsp3) is 0.700. The molecule has 1 aliphatic heterocycles. The topological polar surface area (TPSA) is 29.6 Å². The predicted octanol–water partition coefficient (Wildman–Crippen LogP) is 2.09. The van der Waals surface area contributed by atoms with Crippen molar-refractivity contribution in [2.24, 2.45) is 0 Å². The van der Waals surface area contributed by atoms with Crippen molar-refractivity contribution >= 4 is 5.78 Å². The molecule has 1 saturated heterocycles. The van der Waals surface area contributed by atoms with Crippen LogP contribution in [0.3, 0.4) is 0 Å². The van der Waals surface area contributed by atoms with Gasteiger partial charge in [-0.3, -0.25) is 4.79 Å². The Bertz CT molecular complexity index is 184. The van der Waals surface area contributed by atoms with Crippen molar-refractivity contribution in [2.45, 2.75) is 45.3 Å². The van der Waals surface area contributed by atoms with E-state index in [0.29, 0.717) is 0 Å². The van der Waals surface area contributed by atoms with Gasteiger partial charge in [0.25, 0.3) is 0 Å². The van der Waals surface area contributed by atoms with Gasteiger partial charge in [0.15, 0.2) is 5.78 Å². The maximum Gasteiger partial charge on any atom is 0.186 e. The van der Waals surface area contributed by atoms with Crippen molar-refractivity contribution in [1.29, 1.82) is 0 Å². The second-order valence-corrected chi connectivity index (χ2v) is 3.21. The maximum absolute atomic E-state index is 11.2. The molecule has 0 amide bonds. The number of carbonyl (C=O) groups excluding carboxylic acids is 1. The Balaban J connectivity index is 2.13. The Morgan fingerprint density at radius 3 is 2.75 bits per heavy atom. The number of allylic oxidation sites excluding steroid dienone is 1. The first-order valence-electron chi connectivity index (χ1n) is 4.61. The van der Waals surface area contributed by atoms with Crippen molar-refractivity contribution in [3.05, 3.63) is 12.2 Å². The summed E-state index contributed by atoms with van der Waals surface area (Å²) < 4.78 is 5.03. The quantitative estimate of drug-likeness (QED) is 0.357. The summed E-state index contributed by atoms with van der Waals surface area (Å²) in [6.07, 6.45) is 6.95. The molecule has 0 saturated carbocycles. The first kappa shape index (κ1) is 9.46. The van der Waals surface area contributed by atoms with Gasteiger partial charge < -0.3 is 4.74 Å². The number of hydrogen-bond donors (Lipinski definition) is 0. The minimum Gasteiger partial charge on any atom is -0.361 e. The molecule has 0 aromatic heterocycles. The molecule has 0 N–H and O–H groups in total. The van der Waals surface area contributed by atoms with Crippen LogP contribution < -0.4 is 0 Å². The van der Waals surface area contributed by atoms with Crippen LogP contribution in [0.4, 0.5) is 0 Å². The molecule has 0 radical (unpaired) electrons. The summed E-state index contributed by atoms with van der Waals surface area (Å²) in [5.41, 5.74) is 0. The molecular formula is C10H16O2. The third-order valence-corrected chi connectivity index (χ3v) is 2.00. The summed E-state index contributed by atoms with van der Waals surface area (Å²) in [4.78, 5) is 11.2. The van der Waals surface area contributed by atoms with Crippen molar-refractivity contribution < 1.29 is 9.53 Å². The Labute approximate surface area is 73.6 Å². The summed E-state index contributed by atoms with van der Waals surface area (Å²) >= 11 is 0. The number of ether oxygens (including phenoxy) is 1. The smallest absolute Gasteiger partial charge is 0.186 e. The van der Waals surface area contributed by atoms with Crippen LogP contribution in [0.15, 0.2) is 12.2 Å². The van der Waals surface area contributed by atoms with Gasteiger partial charge in [0.1, 0.15) is 6.10 Å². The number of epoxide rings is 1. The standard InChI is InChI=1S/C10H16O2/c1-3-4-5-6-7-9(11)10-8(2)12-10/h6-8,10H,3-5H2,1-2H3/b7-6+. The van der Waals surface area contributed by atoms with E-state index in [0.717, 1.165) is 12.8 Å². The molecule has 2 nitrogen and oxygen atoms in total. The number of rotatable bonds is 5. The molecule has 0 aromatic rings. The fourth-order valence-electron chi connectivity index (χ4n) is 1.10. The molecule has 0 spiro atoms. The molecule has 1 rings (SSSR count). The van der Waals surface area contributed by atoms with E-state index in [4.69, 9.17) is 4.74 Å². The first-order chi connectivity index (χ1) is 5.75. The zero-order chi connectivity index (χ0) is 8.97. The van der Waals surface area contributed by atoms with Gasteiger partial charge in [0.05, 0.1) is 6.10 Å². The molecule has 12 heavy (non-hydrogen) atoms. The van der Waals surface area contributed by atoms with Gasteiger partial charge in [-0.1, -0.05) is 25.8 Å². The summed E-state index contributed by atoms with van der Waals surface area (Å²) in [5.74, 6) is 0.124. The van der Waals surface area contributed by atoms with Crippen LogP contribution in [0.1, 0.15) is 33.1 Å². The number of carbonyl (C=O) groups is 1. The third-order valence-electron chi connectivity index (χ3n) is 2.00. The zero-order valence-electron chi connectivity index (χ0n) is 7.75. The Morgan fingerprint density at radius 1 is 1.58 bits per heavy atom. The van der Waals surface area contributed by atoms with Gasteiger partial charge in [-0.25, -0.2) is 0 Å². The second-order valence-electron chi connectivity index (χ2n) is 3.21. The van der Waals surface area contributed by atoms with E-state index in [1.54, 1.807) is 6.08 Å². The number of unbranched alkanes of at least 4 members (excludes halogenated alkanes) is 2. The van der Waals surface area contributed by atoms with Gasteiger partial charge in [-0.2, -0.15) is 0 Å². The van der Waals surface area contributed by atoms with Crippen LogP contribution in [0.5, 0.6) is 0 Å². The van der Waals surface area contributed by atoms with Gasteiger partial charge in [-0.05, 0) is 19.4 Å². The summed E-state index contributed by atoms with van der Waals surface area (Å²) in [5, 5.41) is 0. The van der Waals surface area contributed by atoms with Gasteiger partial charge in [0, 0.05) is 0 Å². The molecule has 2 heteroatoms. The number of hydrogen-bond acceptors (Lipinski definition) is 2. The predicted molar refractivity (Wildman–Crippen MR) is 48.0 cm³/mol. The molecule has 0 aromatic carbocycles. The van der Waals surface area contributed by atoms with Crippen LogP contribution in [0.25, 0.3) is 0 Å². The van der Waals surface area contributed by atoms with Crippen molar-refractivity contribution in [3.63, 3.8) is 0 Å². The second kappa shape index (κ2) is 4.41. The minimum absolute atomic E-state index is 0.124. The molecule has 68 valence electrons. The molecule has 2 atom stereocenters. The van der Waals surface area contributed by atoms with Crippen LogP contribution in [-0.4, -0.2) is 18.0 Å². The lowest BCUT2D eigenvalue weighted by Crippen LogP contribution is -2.04. The third kappa shape index (κ3) is 2.78. The Morgan fingerprint density at radius 2 is 2.25 bits per heavy atom. The largest absolute Gasteiger partial charge is 0.361 e. The molecule has 1 fully saturated rings. The Hall–Kier alpha value is -0.630. The van der Waals surface area contributed by atoms with Crippen molar-refractivity contribution in [3.8, 4) is 0 Å². The SMILES string of the molecule is CCCC/C=C/C(=O)C1OC1C. The van der Waals surface area contributed by atoms with E-state index in [2.05, 4.69) is 6.92 Å². The molecule has 1 aliphatic rings. The van der Waals surface area contributed by atoms with Crippen LogP contribution in [-0.2, 0) is 9.53 Å². The van der Waals surface area contributed by atoms with E-state index in [1.807, 2.05) is 13.0 Å². The average Bonchev–Trinajstić information content (AvgIpc) is 2.76. The molecule has 1 heterocycles. The fourth-order valence-corrected chi connectivity index (χ4v) is 1.10. The van der Waals surface area contributed by atoms with E-state index < -0.39 is 0 Å². The van der Waals surface area contributed by atoms with E-state index in [9.17, 15) is 4.79 Å². The minimum atomic E-state index is -0.136. The van der Waals surface area contributed by atoms with Gasteiger partial charge in [0.2, 0.25) is 0 Å². The molecule has 0 bridgehead atoms. The highest BCUT2D eigenvalue weighted by Crippen LogP contribution is 2.22. The van der Waals surface area contributed by atoms with E-state index in [-0.39, 0.29) is 18.0 Å². The van der Waals surface area contributed by atoms with Crippen LogP contribution in [0.2, 0.25) is 0 Å². The van der Waals surface area contributed by atoms with Crippen molar-refractivity contribution in [2.75, 3.05) is 0 Å². The van der Waals surface area contributed by atoms with Gasteiger partial charge in [-0.15, -0.1) is 0 Å². The Kier molecular flexibility index (Phi) is 3.48. The monoisotopic (exact) mass is 168 g/mol. The lowest BCUT2D eigenvalue weighted by atomic mass is 10.2. The lowest BCUT2D eigenvalue weighted by molar-refractivity contribution is -0.115. The van der Waals surface area contributed by atoms with E-state index >= 15 is 0 Å². The maximum atomic E-state index is 11.2. The summed E-state index contributed by atoms with van der Waals surface area (Å²) in [6.45, 7) is 4.06. The van der Waals surface area contributed by atoms with E-state index in [1.165, 1.54) is 6.42 Å². The van der Waals surface area contributed by atoms with Crippen molar-refractivity contribution in [1.82, 2.24) is 0 Å². The molecule has 2 unspecified atom stereocenters. The zero-order valence-corrected chi connectivity index (χ0v) is 7.75. The van der Waals surface area contributed by atoms with Crippen LogP contribution in [0, 0.1) is 0 Å². The number of ketones is 1. The van der Waals surface area contributed by atoms with Crippen LogP contribution >= 0.6 is 0 Å². The highest BCUT2D eigenvalue weighted by atomic mass is 16.6. The normalized spacial score (nSPS) is 27.8. The average molecular weight is 168 g/mol.